The molecule has 0 aromatic carbocycles. The van der Waals surface area contributed by atoms with Gasteiger partial charge in [-0.05, 0) is 31.7 Å². The molecule has 24 heavy (non-hydrogen) atoms. The summed E-state index contributed by atoms with van der Waals surface area (Å²) < 4.78 is 59.1. The Kier molecular flexibility index (Phi) is 5.61. The van der Waals surface area contributed by atoms with Crippen LogP contribution in [-0.4, -0.2) is 20.4 Å². The van der Waals surface area contributed by atoms with Crippen LogP contribution in [0.5, 0.6) is 0 Å². The maximum Gasteiger partial charge on any atom is 0.433 e. The van der Waals surface area contributed by atoms with Crippen LogP contribution in [0.4, 0.5) is 13.2 Å². The van der Waals surface area contributed by atoms with Crippen LogP contribution < -0.4 is 0 Å². The summed E-state index contributed by atoms with van der Waals surface area (Å²) in [5.41, 5.74) is 0.0478. The molecule has 1 N–H and O–H groups in total. The summed E-state index contributed by atoms with van der Waals surface area (Å²) in [4.78, 5) is 8.58. The zero-order valence-corrected chi connectivity index (χ0v) is 15.6. The van der Waals surface area contributed by atoms with E-state index in [2.05, 4.69) is 9.97 Å². The Morgan fingerprint density at radius 2 is 2.08 bits per heavy atom. The number of nitrogens with zero attached hydrogens (tertiary/aromatic N) is 2. The molecule has 2 heterocycles. The van der Waals surface area contributed by atoms with Crippen molar-refractivity contribution in [1.29, 1.82) is 4.78 Å². The van der Waals surface area contributed by atoms with Crippen LogP contribution in [0, 0.1) is 11.7 Å². The van der Waals surface area contributed by atoms with Crippen LogP contribution in [0.15, 0.2) is 22.7 Å². The molecule has 10 heteroatoms. The van der Waals surface area contributed by atoms with Gasteiger partial charge in [0.25, 0.3) is 0 Å². The van der Waals surface area contributed by atoms with Gasteiger partial charge >= 0.3 is 6.18 Å². The second kappa shape index (κ2) is 7.01. The summed E-state index contributed by atoms with van der Waals surface area (Å²) in [6, 6.07) is 2.06. The Morgan fingerprint density at radius 1 is 1.42 bits per heavy atom. The molecule has 0 aliphatic carbocycles. The molecular weight excluding hydrogens is 379 g/mol. The Morgan fingerprint density at radius 3 is 2.58 bits per heavy atom. The minimum atomic E-state index is -4.52. The summed E-state index contributed by atoms with van der Waals surface area (Å²) in [5.74, 6) is 0.717. The standard InChI is InChI=1S/C14H16F3N3OS3/c1-8-11(7-22-3)23-13(20-8)24(18,21)9(2)10-4-5-12(19-6-10)14(15,16)17/h4-6,9,18H,7H2,1-3H3. The van der Waals surface area contributed by atoms with E-state index in [1.807, 2.05) is 6.26 Å². The first-order chi connectivity index (χ1) is 11.1. The predicted molar refractivity (Wildman–Crippen MR) is 90.9 cm³/mol. The van der Waals surface area contributed by atoms with Crippen molar-refractivity contribution in [3.8, 4) is 0 Å². The minimum absolute atomic E-state index is 0.205. The van der Waals surface area contributed by atoms with Crippen LogP contribution >= 0.6 is 23.1 Å². The van der Waals surface area contributed by atoms with Crippen LogP contribution in [-0.2, 0) is 21.7 Å². The summed E-state index contributed by atoms with van der Waals surface area (Å²) in [6.07, 6.45) is -1.55. The topological polar surface area (TPSA) is 66.7 Å². The summed E-state index contributed by atoms with van der Waals surface area (Å²) >= 11 is 2.83. The zero-order valence-electron chi connectivity index (χ0n) is 13.2. The average Bonchev–Trinajstić information content (AvgIpc) is 2.88. The Labute approximate surface area is 146 Å². The molecule has 2 rings (SSSR count). The third kappa shape index (κ3) is 3.92. The van der Waals surface area contributed by atoms with E-state index in [4.69, 9.17) is 4.78 Å². The lowest BCUT2D eigenvalue weighted by Gasteiger charge is -2.14. The lowest BCUT2D eigenvalue weighted by atomic mass is 10.2. The molecule has 0 saturated carbocycles. The molecule has 4 nitrogen and oxygen atoms in total. The minimum Gasteiger partial charge on any atom is -0.251 e. The number of hydrogen-bond acceptors (Lipinski definition) is 6. The molecule has 2 aromatic rings. The van der Waals surface area contributed by atoms with Crippen molar-refractivity contribution in [1.82, 2.24) is 9.97 Å². The molecule has 2 unspecified atom stereocenters. The van der Waals surface area contributed by atoms with Crippen LogP contribution in [0.25, 0.3) is 0 Å². The number of nitrogens with one attached hydrogen (secondary N) is 1. The molecule has 0 aliphatic rings. The van der Waals surface area contributed by atoms with Gasteiger partial charge in [0.1, 0.15) is 15.4 Å². The fourth-order valence-corrected chi connectivity index (χ4v) is 5.93. The van der Waals surface area contributed by atoms with E-state index in [0.717, 1.165) is 28.6 Å². The number of rotatable bonds is 5. The van der Waals surface area contributed by atoms with Crippen molar-refractivity contribution in [2.75, 3.05) is 6.26 Å². The van der Waals surface area contributed by atoms with Crippen molar-refractivity contribution < 1.29 is 17.4 Å². The number of thiazole rings is 1. The van der Waals surface area contributed by atoms with Gasteiger partial charge in [0.2, 0.25) is 0 Å². The van der Waals surface area contributed by atoms with E-state index >= 15 is 0 Å². The molecule has 2 atom stereocenters. The number of hydrogen-bond donors (Lipinski definition) is 1. The van der Waals surface area contributed by atoms with Gasteiger partial charge in [-0.3, -0.25) is 4.98 Å². The van der Waals surface area contributed by atoms with E-state index in [-0.39, 0.29) is 4.34 Å². The highest BCUT2D eigenvalue weighted by Crippen LogP contribution is 2.35. The van der Waals surface area contributed by atoms with Gasteiger partial charge in [0.05, 0.1) is 10.9 Å². The zero-order chi connectivity index (χ0) is 18.1. The van der Waals surface area contributed by atoms with Gasteiger partial charge in [0.15, 0.2) is 4.34 Å². The number of alkyl halides is 3. The van der Waals surface area contributed by atoms with E-state index in [0.29, 0.717) is 5.56 Å². The SMILES string of the molecule is CSCc1sc(S(=N)(=O)C(C)c2ccc(C(F)(F)F)nc2)nc1C. The van der Waals surface area contributed by atoms with E-state index < -0.39 is 26.8 Å². The van der Waals surface area contributed by atoms with Crippen molar-refractivity contribution >= 4 is 32.8 Å². The van der Waals surface area contributed by atoms with Gasteiger partial charge in [-0.1, -0.05) is 6.07 Å². The number of aromatic nitrogens is 2. The van der Waals surface area contributed by atoms with E-state index in [1.165, 1.54) is 17.4 Å². The highest BCUT2D eigenvalue weighted by Gasteiger charge is 2.33. The van der Waals surface area contributed by atoms with Crippen LogP contribution in [0.2, 0.25) is 0 Å². The maximum atomic E-state index is 12.9. The van der Waals surface area contributed by atoms with Gasteiger partial charge in [-0.25, -0.2) is 14.0 Å². The van der Waals surface area contributed by atoms with Crippen molar-refractivity contribution in [2.24, 2.45) is 0 Å². The molecule has 0 spiro atoms. The fraction of sp³-hybridized carbons (Fsp3) is 0.429. The van der Waals surface area contributed by atoms with Gasteiger partial charge in [-0.15, -0.1) is 11.3 Å². The van der Waals surface area contributed by atoms with Crippen LogP contribution in [0.1, 0.15) is 34.0 Å². The summed E-state index contributed by atoms with van der Waals surface area (Å²) in [7, 11) is -3.28. The maximum absolute atomic E-state index is 12.9. The summed E-state index contributed by atoms with van der Waals surface area (Å²) in [5, 5.41) is -0.806. The quantitative estimate of drug-likeness (QED) is 0.782. The first kappa shape index (κ1) is 19.2. The lowest BCUT2D eigenvalue weighted by Crippen LogP contribution is -2.12. The second-order valence-corrected chi connectivity index (χ2v) is 9.64. The number of halogens is 3. The Hall–Kier alpha value is -1.13. The highest BCUT2D eigenvalue weighted by atomic mass is 32.2. The third-order valence-electron chi connectivity index (χ3n) is 3.45. The molecular formula is C14H16F3N3OS3. The predicted octanol–water partition coefficient (Wildman–Crippen LogP) is 4.90. The lowest BCUT2D eigenvalue weighted by molar-refractivity contribution is -0.141. The number of aryl methyl sites for hydroxylation is 1. The molecule has 132 valence electrons. The van der Waals surface area contributed by atoms with Gasteiger partial charge < -0.3 is 0 Å². The normalized spacial score (nSPS) is 15.9. The molecule has 2 aromatic heterocycles. The largest absolute Gasteiger partial charge is 0.433 e. The Bertz CT molecular complexity index is 814. The first-order valence-corrected chi connectivity index (χ1v) is 10.7. The molecule has 0 fully saturated rings. The first-order valence-electron chi connectivity index (χ1n) is 6.83. The third-order valence-corrected chi connectivity index (χ3v) is 8.03. The van der Waals surface area contributed by atoms with Crippen molar-refractivity contribution in [2.45, 2.75) is 35.4 Å². The average molecular weight is 395 g/mol. The highest BCUT2D eigenvalue weighted by molar-refractivity contribution is 7.98. The monoisotopic (exact) mass is 395 g/mol. The molecule has 0 bridgehead atoms. The summed E-state index contributed by atoms with van der Waals surface area (Å²) in [6.45, 7) is 3.34. The number of pyridine rings is 1. The second-order valence-electron chi connectivity index (χ2n) is 5.14. The molecule has 0 amide bonds. The van der Waals surface area contributed by atoms with Crippen molar-refractivity contribution in [3.05, 3.63) is 40.2 Å². The molecule has 0 saturated heterocycles. The number of thioether (sulfide) groups is 1. The van der Waals surface area contributed by atoms with Crippen molar-refractivity contribution in [3.63, 3.8) is 0 Å². The Balaban J connectivity index is 2.33. The van der Waals surface area contributed by atoms with Gasteiger partial charge in [0, 0.05) is 16.8 Å². The fourth-order valence-electron chi connectivity index (χ4n) is 1.95. The molecule has 0 radical (unpaired) electrons. The van der Waals surface area contributed by atoms with Gasteiger partial charge in [-0.2, -0.15) is 24.9 Å². The van der Waals surface area contributed by atoms with Crippen LogP contribution in [0.3, 0.4) is 0 Å². The van der Waals surface area contributed by atoms with E-state index in [9.17, 15) is 17.4 Å². The smallest absolute Gasteiger partial charge is 0.251 e. The molecule has 0 aliphatic heterocycles. The van der Waals surface area contributed by atoms with E-state index in [1.54, 1.807) is 25.6 Å².